The Labute approximate surface area is 141 Å². The number of carbonyl (C=O) groups is 1. The first kappa shape index (κ1) is 15.1. The summed E-state index contributed by atoms with van der Waals surface area (Å²) < 4.78 is 5.43. The molecule has 3 aliphatic rings. The van der Waals surface area contributed by atoms with Crippen LogP contribution in [0.25, 0.3) is 0 Å². The molecule has 2 aliphatic heterocycles. The number of morpholine rings is 1. The fourth-order valence-corrected chi connectivity index (χ4v) is 3.81. The number of halogens is 1. The van der Waals surface area contributed by atoms with Crippen LogP contribution in [0.2, 0.25) is 5.02 Å². The highest BCUT2D eigenvalue weighted by Gasteiger charge is 2.40. The second kappa shape index (κ2) is 6.21. The van der Waals surface area contributed by atoms with Crippen molar-refractivity contribution in [2.45, 2.75) is 31.3 Å². The largest absolute Gasteiger partial charge is 0.378 e. The molecule has 1 N–H and O–H groups in total. The van der Waals surface area contributed by atoms with Crippen LogP contribution in [0.15, 0.2) is 18.2 Å². The van der Waals surface area contributed by atoms with Gasteiger partial charge in [-0.05, 0) is 31.4 Å². The molecule has 1 aliphatic carbocycles. The average Bonchev–Trinajstić information content (AvgIpc) is 3.34. The number of para-hydroxylation sites is 1. The van der Waals surface area contributed by atoms with E-state index in [0.717, 1.165) is 55.3 Å². The standard InChI is InChI=1S/C17H22ClN3O2/c18-13-2-1-3-14(16(13)20-8-10-23-11-9-20)19-15-6-7-21(17(15)22)12-4-5-12/h1-3,12,15,19H,4-11H2. The van der Waals surface area contributed by atoms with Crippen LogP contribution in [0.4, 0.5) is 11.4 Å². The lowest BCUT2D eigenvalue weighted by atomic mass is 10.2. The summed E-state index contributed by atoms with van der Waals surface area (Å²) in [5, 5.41) is 4.18. The Kier molecular flexibility index (Phi) is 4.07. The van der Waals surface area contributed by atoms with Gasteiger partial charge in [0.2, 0.25) is 5.91 Å². The quantitative estimate of drug-likeness (QED) is 0.917. The van der Waals surface area contributed by atoms with Crippen molar-refractivity contribution in [3.63, 3.8) is 0 Å². The summed E-state index contributed by atoms with van der Waals surface area (Å²) >= 11 is 6.46. The van der Waals surface area contributed by atoms with Crippen molar-refractivity contribution in [3.8, 4) is 0 Å². The molecule has 0 radical (unpaired) electrons. The predicted octanol–water partition coefficient (Wildman–Crippen LogP) is 2.35. The Morgan fingerprint density at radius 1 is 1.13 bits per heavy atom. The van der Waals surface area contributed by atoms with E-state index < -0.39 is 0 Å². The number of nitrogens with zero attached hydrogens (tertiary/aromatic N) is 2. The summed E-state index contributed by atoms with van der Waals surface area (Å²) in [4.78, 5) is 16.8. The average molecular weight is 336 g/mol. The lowest BCUT2D eigenvalue weighted by Crippen LogP contribution is -2.38. The zero-order valence-corrected chi connectivity index (χ0v) is 13.9. The lowest BCUT2D eigenvalue weighted by molar-refractivity contribution is -0.128. The van der Waals surface area contributed by atoms with E-state index in [1.165, 1.54) is 0 Å². The smallest absolute Gasteiger partial charge is 0.245 e. The molecule has 1 unspecified atom stereocenters. The van der Waals surface area contributed by atoms with E-state index >= 15 is 0 Å². The number of hydrogen-bond donors (Lipinski definition) is 1. The van der Waals surface area contributed by atoms with Crippen LogP contribution in [0, 0.1) is 0 Å². The normalized spacial score (nSPS) is 25.1. The van der Waals surface area contributed by atoms with E-state index in [1.807, 2.05) is 23.1 Å². The van der Waals surface area contributed by atoms with E-state index in [0.29, 0.717) is 19.3 Å². The monoisotopic (exact) mass is 335 g/mol. The first-order valence-corrected chi connectivity index (χ1v) is 8.80. The van der Waals surface area contributed by atoms with Crippen LogP contribution >= 0.6 is 11.6 Å². The van der Waals surface area contributed by atoms with Crippen molar-refractivity contribution >= 4 is 28.9 Å². The number of amides is 1. The number of nitrogens with one attached hydrogen (secondary N) is 1. The fraction of sp³-hybridized carbons (Fsp3) is 0.588. The summed E-state index contributed by atoms with van der Waals surface area (Å²) in [6.07, 6.45) is 3.19. The van der Waals surface area contributed by atoms with Crippen molar-refractivity contribution < 1.29 is 9.53 Å². The highest BCUT2D eigenvalue weighted by molar-refractivity contribution is 6.34. The molecule has 6 heteroatoms. The molecule has 1 atom stereocenters. The van der Waals surface area contributed by atoms with Gasteiger partial charge in [0, 0.05) is 25.7 Å². The van der Waals surface area contributed by atoms with Crippen LogP contribution in [0.1, 0.15) is 19.3 Å². The SMILES string of the molecule is O=C1C(Nc2cccc(Cl)c2N2CCOCC2)CCN1C1CC1. The number of ether oxygens (including phenoxy) is 1. The van der Waals surface area contributed by atoms with Gasteiger partial charge >= 0.3 is 0 Å². The second-order valence-electron chi connectivity index (χ2n) is 6.48. The third-order valence-corrected chi connectivity index (χ3v) is 5.18. The van der Waals surface area contributed by atoms with E-state index in [2.05, 4.69) is 10.2 Å². The Morgan fingerprint density at radius 2 is 1.91 bits per heavy atom. The molecular weight excluding hydrogens is 314 g/mol. The van der Waals surface area contributed by atoms with Crippen LogP contribution in [0.5, 0.6) is 0 Å². The minimum absolute atomic E-state index is 0.131. The third-order valence-electron chi connectivity index (χ3n) is 4.87. The Hall–Kier alpha value is -1.46. The molecule has 2 saturated heterocycles. The van der Waals surface area contributed by atoms with Crippen molar-refractivity contribution in [2.24, 2.45) is 0 Å². The van der Waals surface area contributed by atoms with Crippen LogP contribution in [-0.4, -0.2) is 55.7 Å². The number of anilines is 2. The second-order valence-corrected chi connectivity index (χ2v) is 6.89. The minimum Gasteiger partial charge on any atom is -0.378 e. The van der Waals surface area contributed by atoms with Gasteiger partial charge in [-0.15, -0.1) is 0 Å². The van der Waals surface area contributed by atoms with Crippen molar-refractivity contribution in [3.05, 3.63) is 23.2 Å². The van der Waals surface area contributed by atoms with Gasteiger partial charge in [-0.2, -0.15) is 0 Å². The summed E-state index contributed by atoms with van der Waals surface area (Å²) in [7, 11) is 0. The molecule has 1 saturated carbocycles. The maximum Gasteiger partial charge on any atom is 0.245 e. The summed E-state index contributed by atoms with van der Waals surface area (Å²) in [6.45, 7) is 3.94. The summed E-state index contributed by atoms with van der Waals surface area (Å²) in [5.74, 6) is 0.236. The highest BCUT2D eigenvalue weighted by Crippen LogP contribution is 2.37. The molecular formula is C17H22ClN3O2. The third kappa shape index (κ3) is 3.00. The van der Waals surface area contributed by atoms with Crippen LogP contribution in [0.3, 0.4) is 0 Å². The molecule has 5 nitrogen and oxygen atoms in total. The van der Waals surface area contributed by atoms with Gasteiger partial charge in [0.05, 0.1) is 29.6 Å². The Bertz CT molecular complexity index is 600. The van der Waals surface area contributed by atoms with Gasteiger partial charge < -0.3 is 19.9 Å². The van der Waals surface area contributed by atoms with Crippen molar-refractivity contribution in [1.29, 1.82) is 0 Å². The lowest BCUT2D eigenvalue weighted by Gasteiger charge is -2.32. The topological polar surface area (TPSA) is 44.8 Å². The van der Waals surface area contributed by atoms with Crippen LogP contribution in [-0.2, 0) is 9.53 Å². The van der Waals surface area contributed by atoms with E-state index in [1.54, 1.807) is 0 Å². The molecule has 0 spiro atoms. The van der Waals surface area contributed by atoms with Gasteiger partial charge in [-0.25, -0.2) is 0 Å². The molecule has 1 aromatic carbocycles. The number of likely N-dealkylation sites (tertiary alicyclic amines) is 1. The van der Waals surface area contributed by atoms with E-state index in [9.17, 15) is 4.79 Å². The molecule has 0 bridgehead atoms. The molecule has 1 amide bonds. The molecule has 0 aromatic heterocycles. The Morgan fingerprint density at radius 3 is 2.65 bits per heavy atom. The molecule has 124 valence electrons. The van der Waals surface area contributed by atoms with Crippen molar-refractivity contribution in [2.75, 3.05) is 43.1 Å². The minimum atomic E-state index is -0.131. The summed E-state index contributed by atoms with van der Waals surface area (Å²) in [6, 6.07) is 6.22. The highest BCUT2D eigenvalue weighted by atomic mass is 35.5. The molecule has 2 heterocycles. The van der Waals surface area contributed by atoms with Gasteiger partial charge in [0.1, 0.15) is 6.04 Å². The van der Waals surface area contributed by atoms with E-state index in [-0.39, 0.29) is 11.9 Å². The van der Waals surface area contributed by atoms with Gasteiger partial charge in [0.15, 0.2) is 0 Å². The summed E-state index contributed by atoms with van der Waals surface area (Å²) in [5.41, 5.74) is 1.95. The zero-order chi connectivity index (χ0) is 15.8. The van der Waals surface area contributed by atoms with Gasteiger partial charge in [0.25, 0.3) is 0 Å². The maximum atomic E-state index is 12.6. The first-order valence-electron chi connectivity index (χ1n) is 8.42. The number of carbonyl (C=O) groups excluding carboxylic acids is 1. The Balaban J connectivity index is 1.54. The molecule has 3 fully saturated rings. The zero-order valence-electron chi connectivity index (χ0n) is 13.1. The van der Waals surface area contributed by atoms with Crippen molar-refractivity contribution in [1.82, 2.24) is 4.90 Å². The molecule has 23 heavy (non-hydrogen) atoms. The van der Waals surface area contributed by atoms with E-state index in [4.69, 9.17) is 16.3 Å². The van der Waals surface area contributed by atoms with Gasteiger partial charge in [-0.3, -0.25) is 4.79 Å². The first-order chi connectivity index (χ1) is 11.2. The predicted molar refractivity (Wildman–Crippen MR) is 91.2 cm³/mol. The molecule has 4 rings (SSSR count). The van der Waals surface area contributed by atoms with Gasteiger partial charge in [-0.1, -0.05) is 17.7 Å². The van der Waals surface area contributed by atoms with Crippen LogP contribution < -0.4 is 10.2 Å². The number of hydrogen-bond acceptors (Lipinski definition) is 4. The molecule has 1 aromatic rings. The fourth-order valence-electron chi connectivity index (χ4n) is 3.51. The number of rotatable bonds is 4. The maximum absolute atomic E-state index is 12.6. The number of benzene rings is 1.